The maximum Gasteiger partial charge on any atom is 0.237 e. The van der Waals surface area contributed by atoms with Crippen LogP contribution in [0.15, 0.2) is 0 Å². The van der Waals surface area contributed by atoms with Crippen LogP contribution >= 0.6 is 0 Å². The van der Waals surface area contributed by atoms with Gasteiger partial charge in [-0.25, -0.2) is 0 Å². The Hall–Kier alpha value is -0.610. The van der Waals surface area contributed by atoms with E-state index in [0.29, 0.717) is 12.1 Å². The molecule has 0 heterocycles. The normalized spacial score (nSPS) is 25.6. The maximum absolute atomic E-state index is 12.3. The van der Waals surface area contributed by atoms with Crippen LogP contribution in [-0.4, -0.2) is 42.0 Å². The lowest BCUT2D eigenvalue weighted by Crippen LogP contribution is -2.55. The van der Waals surface area contributed by atoms with E-state index in [1.807, 2.05) is 14.0 Å². The van der Waals surface area contributed by atoms with Crippen molar-refractivity contribution in [1.82, 2.24) is 10.2 Å². The molecule has 0 aromatic heterocycles. The molecule has 0 radical (unpaired) electrons. The van der Waals surface area contributed by atoms with E-state index in [1.54, 1.807) is 0 Å². The Morgan fingerprint density at radius 1 is 1.32 bits per heavy atom. The van der Waals surface area contributed by atoms with Crippen LogP contribution in [0.3, 0.4) is 0 Å². The first-order valence-electron chi connectivity index (χ1n) is 7.79. The number of hydrogen-bond acceptors (Lipinski definition) is 3. The number of likely N-dealkylation sites (N-methyl/N-ethyl adjacent to an activating group) is 1. The molecule has 1 aliphatic carbocycles. The summed E-state index contributed by atoms with van der Waals surface area (Å²) in [5, 5.41) is 3.13. The summed E-state index contributed by atoms with van der Waals surface area (Å²) >= 11 is 0. The molecule has 1 saturated carbocycles. The van der Waals surface area contributed by atoms with Gasteiger partial charge in [0.05, 0.1) is 6.04 Å². The second-order valence-electron chi connectivity index (χ2n) is 5.88. The van der Waals surface area contributed by atoms with Crippen molar-refractivity contribution in [3.8, 4) is 0 Å². The van der Waals surface area contributed by atoms with Crippen molar-refractivity contribution in [3.05, 3.63) is 0 Å². The van der Waals surface area contributed by atoms with E-state index in [0.717, 1.165) is 25.7 Å². The van der Waals surface area contributed by atoms with E-state index in [2.05, 4.69) is 24.1 Å². The minimum atomic E-state index is -0.102. The third kappa shape index (κ3) is 4.46. The lowest BCUT2D eigenvalue weighted by atomic mass is 9.89. The van der Waals surface area contributed by atoms with Gasteiger partial charge in [0.25, 0.3) is 0 Å². The van der Waals surface area contributed by atoms with Crippen molar-refractivity contribution in [2.45, 2.75) is 83.5 Å². The molecule has 1 amide bonds. The van der Waals surface area contributed by atoms with Crippen molar-refractivity contribution in [3.63, 3.8) is 0 Å². The first-order chi connectivity index (χ1) is 9.01. The minimum Gasteiger partial charge on any atom is -0.352 e. The van der Waals surface area contributed by atoms with E-state index in [-0.39, 0.29) is 18.0 Å². The molecule has 0 aromatic rings. The van der Waals surface area contributed by atoms with Crippen LogP contribution in [0.2, 0.25) is 0 Å². The van der Waals surface area contributed by atoms with Gasteiger partial charge in [0.2, 0.25) is 5.91 Å². The van der Waals surface area contributed by atoms with Gasteiger partial charge in [0.15, 0.2) is 0 Å². The van der Waals surface area contributed by atoms with Gasteiger partial charge < -0.3 is 11.1 Å². The number of rotatable bonds is 6. The van der Waals surface area contributed by atoms with Crippen molar-refractivity contribution < 1.29 is 4.79 Å². The Labute approximate surface area is 118 Å². The van der Waals surface area contributed by atoms with E-state index in [4.69, 9.17) is 5.73 Å². The highest BCUT2D eigenvalue weighted by molar-refractivity contribution is 5.81. The minimum absolute atomic E-state index is 0.102. The topological polar surface area (TPSA) is 58.4 Å². The summed E-state index contributed by atoms with van der Waals surface area (Å²) in [7, 11) is 2.03. The molecule has 3 N–H and O–H groups in total. The zero-order chi connectivity index (χ0) is 14.4. The first kappa shape index (κ1) is 16.4. The molecule has 0 saturated heterocycles. The Bertz CT molecular complexity index is 279. The van der Waals surface area contributed by atoms with Gasteiger partial charge in [-0.05, 0) is 39.7 Å². The summed E-state index contributed by atoms with van der Waals surface area (Å²) in [6.07, 6.45) is 6.61. The molecule has 19 heavy (non-hydrogen) atoms. The SMILES string of the molecule is CCC(CC)NC(=O)C(C)N(C)C1CCCCC1N. The fourth-order valence-electron chi connectivity index (χ4n) is 2.93. The largest absolute Gasteiger partial charge is 0.352 e. The molecular weight excluding hydrogens is 238 g/mol. The van der Waals surface area contributed by atoms with Crippen LogP contribution < -0.4 is 11.1 Å². The van der Waals surface area contributed by atoms with Crippen LogP contribution in [0.5, 0.6) is 0 Å². The van der Waals surface area contributed by atoms with Gasteiger partial charge in [-0.3, -0.25) is 9.69 Å². The molecule has 4 heteroatoms. The zero-order valence-corrected chi connectivity index (χ0v) is 13.0. The average Bonchev–Trinajstić information content (AvgIpc) is 2.43. The van der Waals surface area contributed by atoms with Gasteiger partial charge >= 0.3 is 0 Å². The summed E-state index contributed by atoms with van der Waals surface area (Å²) in [5.74, 6) is 0.133. The van der Waals surface area contributed by atoms with E-state index in [1.165, 1.54) is 12.8 Å². The summed E-state index contributed by atoms with van der Waals surface area (Å²) in [5.41, 5.74) is 6.20. The molecule has 0 aromatic carbocycles. The number of carbonyl (C=O) groups is 1. The predicted octanol–water partition coefficient (Wildman–Crippen LogP) is 1.88. The Balaban J connectivity index is 2.54. The third-order valence-corrected chi connectivity index (χ3v) is 4.63. The highest BCUT2D eigenvalue weighted by Gasteiger charge is 2.31. The van der Waals surface area contributed by atoms with Crippen LogP contribution in [0.25, 0.3) is 0 Å². The monoisotopic (exact) mass is 269 g/mol. The van der Waals surface area contributed by atoms with E-state index >= 15 is 0 Å². The first-order valence-corrected chi connectivity index (χ1v) is 7.79. The molecule has 112 valence electrons. The van der Waals surface area contributed by atoms with Crippen LogP contribution in [0.1, 0.15) is 59.3 Å². The second-order valence-corrected chi connectivity index (χ2v) is 5.88. The van der Waals surface area contributed by atoms with Crippen LogP contribution in [0.4, 0.5) is 0 Å². The van der Waals surface area contributed by atoms with Gasteiger partial charge in [0.1, 0.15) is 0 Å². The van der Waals surface area contributed by atoms with E-state index < -0.39 is 0 Å². The third-order valence-electron chi connectivity index (χ3n) is 4.63. The Morgan fingerprint density at radius 3 is 2.42 bits per heavy atom. The molecule has 0 bridgehead atoms. The predicted molar refractivity (Wildman–Crippen MR) is 80.0 cm³/mol. The smallest absolute Gasteiger partial charge is 0.237 e. The van der Waals surface area contributed by atoms with Gasteiger partial charge in [-0.2, -0.15) is 0 Å². The lowest BCUT2D eigenvalue weighted by Gasteiger charge is -2.39. The highest BCUT2D eigenvalue weighted by atomic mass is 16.2. The number of amides is 1. The van der Waals surface area contributed by atoms with Crippen molar-refractivity contribution >= 4 is 5.91 Å². The summed E-state index contributed by atoms with van der Waals surface area (Å²) in [6.45, 7) is 6.21. The molecule has 1 aliphatic rings. The second kappa shape index (κ2) is 7.85. The molecule has 1 fully saturated rings. The molecule has 4 nitrogen and oxygen atoms in total. The van der Waals surface area contributed by atoms with Crippen molar-refractivity contribution in [2.24, 2.45) is 5.73 Å². The van der Waals surface area contributed by atoms with E-state index in [9.17, 15) is 4.79 Å². The fourth-order valence-corrected chi connectivity index (χ4v) is 2.93. The summed E-state index contributed by atoms with van der Waals surface area (Å²) in [6, 6.07) is 0.747. The number of nitrogens with zero attached hydrogens (tertiary/aromatic N) is 1. The zero-order valence-electron chi connectivity index (χ0n) is 13.0. The van der Waals surface area contributed by atoms with Gasteiger partial charge in [0, 0.05) is 18.1 Å². The quantitative estimate of drug-likeness (QED) is 0.774. The number of nitrogens with one attached hydrogen (secondary N) is 1. The summed E-state index contributed by atoms with van der Waals surface area (Å²) < 4.78 is 0. The Morgan fingerprint density at radius 2 is 1.89 bits per heavy atom. The van der Waals surface area contributed by atoms with Crippen LogP contribution in [-0.2, 0) is 4.79 Å². The number of hydrogen-bond donors (Lipinski definition) is 2. The van der Waals surface area contributed by atoms with Gasteiger partial charge in [-0.15, -0.1) is 0 Å². The lowest BCUT2D eigenvalue weighted by molar-refractivity contribution is -0.127. The molecule has 1 rings (SSSR count). The molecule has 3 unspecified atom stereocenters. The number of carbonyl (C=O) groups excluding carboxylic acids is 1. The molecule has 0 spiro atoms. The number of nitrogens with two attached hydrogens (primary N) is 1. The summed E-state index contributed by atoms with van der Waals surface area (Å²) in [4.78, 5) is 14.4. The molecule has 0 aliphatic heterocycles. The average molecular weight is 269 g/mol. The Kier molecular flexibility index (Phi) is 6.80. The highest BCUT2D eigenvalue weighted by Crippen LogP contribution is 2.22. The standard InChI is InChI=1S/C15H31N3O/c1-5-12(6-2)17-15(19)11(3)18(4)14-10-8-7-9-13(14)16/h11-14H,5-10,16H2,1-4H3,(H,17,19). The van der Waals surface area contributed by atoms with Crippen molar-refractivity contribution in [2.75, 3.05) is 7.05 Å². The molecular formula is C15H31N3O. The van der Waals surface area contributed by atoms with Gasteiger partial charge in [-0.1, -0.05) is 26.7 Å². The fraction of sp³-hybridized carbons (Fsp3) is 0.933. The molecule has 3 atom stereocenters. The maximum atomic E-state index is 12.3. The van der Waals surface area contributed by atoms with Crippen molar-refractivity contribution in [1.29, 1.82) is 0 Å². The van der Waals surface area contributed by atoms with Crippen LogP contribution in [0, 0.1) is 0 Å².